The molecule has 2 atom stereocenters. The summed E-state index contributed by atoms with van der Waals surface area (Å²) in [7, 11) is 0. The molecule has 0 radical (unpaired) electrons. The third-order valence-corrected chi connectivity index (χ3v) is 3.73. The number of nitrogens with zero attached hydrogens (tertiary/aromatic N) is 1. The predicted octanol–water partition coefficient (Wildman–Crippen LogP) is 3.93. The van der Waals surface area contributed by atoms with Crippen molar-refractivity contribution in [1.29, 1.82) is 0 Å². The topological polar surface area (TPSA) is 24.9 Å². The molecular formula is C13H24N2S. The molecule has 0 amide bonds. The third-order valence-electron chi connectivity index (χ3n) is 2.65. The Kier molecular flexibility index (Phi) is 5.42. The van der Waals surface area contributed by atoms with E-state index in [9.17, 15) is 0 Å². The zero-order valence-corrected chi connectivity index (χ0v) is 11.9. The van der Waals surface area contributed by atoms with Crippen molar-refractivity contribution in [3.63, 3.8) is 0 Å². The van der Waals surface area contributed by atoms with E-state index in [0.717, 1.165) is 18.0 Å². The molecule has 1 N–H and O–H groups in total. The van der Waals surface area contributed by atoms with Crippen molar-refractivity contribution in [2.24, 2.45) is 5.92 Å². The summed E-state index contributed by atoms with van der Waals surface area (Å²) in [5.41, 5.74) is 1.14. The molecule has 2 nitrogen and oxygen atoms in total. The number of thiazole rings is 1. The second kappa shape index (κ2) is 6.36. The Balaban J connectivity index is 2.55. The minimum absolute atomic E-state index is 0.424. The first-order chi connectivity index (χ1) is 7.52. The molecule has 0 aliphatic heterocycles. The lowest BCUT2D eigenvalue weighted by molar-refractivity contribution is 0.387. The fourth-order valence-electron chi connectivity index (χ4n) is 2.01. The molecule has 1 aromatic heterocycles. The van der Waals surface area contributed by atoms with Crippen LogP contribution in [0.15, 0.2) is 5.38 Å². The Labute approximate surface area is 103 Å². The van der Waals surface area contributed by atoms with E-state index >= 15 is 0 Å². The SMILES string of the molecule is CCC(NC(C)CC(C)C)c1nc(C)cs1. The van der Waals surface area contributed by atoms with Crippen LogP contribution < -0.4 is 5.32 Å². The minimum Gasteiger partial charge on any atom is -0.305 e. The molecule has 0 aliphatic rings. The smallest absolute Gasteiger partial charge is 0.110 e. The monoisotopic (exact) mass is 240 g/mol. The lowest BCUT2D eigenvalue weighted by atomic mass is 10.0. The molecule has 1 heterocycles. The van der Waals surface area contributed by atoms with Crippen LogP contribution in [0, 0.1) is 12.8 Å². The van der Waals surface area contributed by atoms with Gasteiger partial charge in [-0.2, -0.15) is 0 Å². The predicted molar refractivity (Wildman–Crippen MR) is 71.9 cm³/mol. The molecule has 0 saturated carbocycles. The largest absolute Gasteiger partial charge is 0.305 e. The average molecular weight is 240 g/mol. The Hall–Kier alpha value is -0.410. The summed E-state index contributed by atoms with van der Waals surface area (Å²) in [6, 6.07) is 0.988. The highest BCUT2D eigenvalue weighted by molar-refractivity contribution is 7.09. The summed E-state index contributed by atoms with van der Waals surface area (Å²) in [6.45, 7) is 11.1. The Morgan fingerprint density at radius 1 is 1.38 bits per heavy atom. The molecule has 0 fully saturated rings. The summed E-state index contributed by atoms with van der Waals surface area (Å²) < 4.78 is 0. The number of hydrogen-bond donors (Lipinski definition) is 1. The molecule has 1 aromatic rings. The molecule has 0 aromatic carbocycles. The minimum atomic E-state index is 0.424. The molecule has 16 heavy (non-hydrogen) atoms. The molecule has 1 rings (SSSR count). The zero-order chi connectivity index (χ0) is 12.1. The number of nitrogens with one attached hydrogen (secondary N) is 1. The van der Waals surface area contributed by atoms with Gasteiger partial charge in [0.1, 0.15) is 5.01 Å². The van der Waals surface area contributed by atoms with E-state index < -0.39 is 0 Å². The molecule has 3 heteroatoms. The second-order valence-corrected chi connectivity index (χ2v) is 5.87. The summed E-state index contributed by atoms with van der Waals surface area (Å²) in [5.74, 6) is 0.748. The van der Waals surface area contributed by atoms with Crippen LogP contribution in [0.2, 0.25) is 0 Å². The molecule has 0 spiro atoms. The van der Waals surface area contributed by atoms with E-state index in [4.69, 9.17) is 0 Å². The van der Waals surface area contributed by atoms with Crippen LogP contribution in [-0.2, 0) is 0 Å². The van der Waals surface area contributed by atoms with E-state index in [-0.39, 0.29) is 0 Å². The van der Waals surface area contributed by atoms with Gasteiger partial charge in [-0.05, 0) is 32.6 Å². The summed E-state index contributed by atoms with van der Waals surface area (Å²) in [4.78, 5) is 4.57. The van der Waals surface area contributed by atoms with Gasteiger partial charge < -0.3 is 5.32 Å². The van der Waals surface area contributed by atoms with Crippen molar-refractivity contribution in [3.05, 3.63) is 16.1 Å². The van der Waals surface area contributed by atoms with Crippen LogP contribution in [0.4, 0.5) is 0 Å². The van der Waals surface area contributed by atoms with Gasteiger partial charge in [0.25, 0.3) is 0 Å². The molecule has 0 bridgehead atoms. The van der Waals surface area contributed by atoms with Crippen molar-refractivity contribution in [1.82, 2.24) is 10.3 Å². The highest BCUT2D eigenvalue weighted by Crippen LogP contribution is 2.22. The lowest BCUT2D eigenvalue weighted by Gasteiger charge is -2.22. The maximum Gasteiger partial charge on any atom is 0.110 e. The lowest BCUT2D eigenvalue weighted by Crippen LogP contribution is -2.31. The van der Waals surface area contributed by atoms with Crippen LogP contribution >= 0.6 is 11.3 Å². The van der Waals surface area contributed by atoms with Gasteiger partial charge in [-0.1, -0.05) is 20.8 Å². The van der Waals surface area contributed by atoms with Gasteiger partial charge in [0.05, 0.1) is 6.04 Å². The van der Waals surface area contributed by atoms with E-state index in [2.05, 4.69) is 50.3 Å². The third kappa shape index (κ3) is 4.22. The van der Waals surface area contributed by atoms with Crippen LogP contribution in [0.5, 0.6) is 0 Å². The van der Waals surface area contributed by atoms with Gasteiger partial charge in [0.15, 0.2) is 0 Å². The van der Waals surface area contributed by atoms with Gasteiger partial charge in [-0.15, -0.1) is 11.3 Å². The van der Waals surface area contributed by atoms with E-state index in [1.807, 2.05) is 0 Å². The maximum atomic E-state index is 4.57. The first-order valence-corrected chi connectivity index (χ1v) is 7.09. The first-order valence-electron chi connectivity index (χ1n) is 6.21. The number of hydrogen-bond acceptors (Lipinski definition) is 3. The first kappa shape index (κ1) is 13.7. The van der Waals surface area contributed by atoms with Crippen molar-refractivity contribution in [3.8, 4) is 0 Å². The Morgan fingerprint density at radius 2 is 2.06 bits per heavy atom. The fraction of sp³-hybridized carbons (Fsp3) is 0.769. The van der Waals surface area contributed by atoms with E-state index in [1.54, 1.807) is 11.3 Å². The van der Waals surface area contributed by atoms with Gasteiger partial charge in [-0.25, -0.2) is 4.98 Å². The maximum absolute atomic E-state index is 4.57. The van der Waals surface area contributed by atoms with Gasteiger partial charge in [0.2, 0.25) is 0 Å². The Morgan fingerprint density at radius 3 is 2.50 bits per heavy atom. The fourth-order valence-corrected chi connectivity index (χ4v) is 2.95. The number of rotatable bonds is 6. The zero-order valence-electron chi connectivity index (χ0n) is 11.1. The van der Waals surface area contributed by atoms with Crippen LogP contribution in [0.1, 0.15) is 57.3 Å². The number of aryl methyl sites for hydroxylation is 1. The van der Waals surface area contributed by atoms with Crippen LogP contribution in [0.3, 0.4) is 0 Å². The van der Waals surface area contributed by atoms with Crippen molar-refractivity contribution in [2.75, 3.05) is 0 Å². The standard InChI is InChI=1S/C13H24N2S/c1-6-12(13-15-11(5)8-16-13)14-10(4)7-9(2)3/h8-10,12,14H,6-7H2,1-5H3. The average Bonchev–Trinajstić information content (AvgIpc) is 2.60. The van der Waals surface area contributed by atoms with E-state index in [0.29, 0.717) is 12.1 Å². The molecule has 2 unspecified atom stereocenters. The number of aromatic nitrogens is 1. The quantitative estimate of drug-likeness (QED) is 0.815. The van der Waals surface area contributed by atoms with E-state index in [1.165, 1.54) is 11.4 Å². The van der Waals surface area contributed by atoms with Crippen molar-refractivity contribution < 1.29 is 0 Å². The highest BCUT2D eigenvalue weighted by atomic mass is 32.1. The molecule has 0 aliphatic carbocycles. The van der Waals surface area contributed by atoms with Gasteiger partial charge in [0, 0.05) is 17.1 Å². The summed E-state index contributed by atoms with van der Waals surface area (Å²) in [5, 5.41) is 7.04. The van der Waals surface area contributed by atoms with Gasteiger partial charge in [-0.3, -0.25) is 0 Å². The van der Waals surface area contributed by atoms with Gasteiger partial charge >= 0.3 is 0 Å². The van der Waals surface area contributed by atoms with Crippen molar-refractivity contribution in [2.45, 2.75) is 59.5 Å². The molecule has 92 valence electrons. The van der Waals surface area contributed by atoms with Crippen molar-refractivity contribution >= 4 is 11.3 Å². The normalized spacial score (nSPS) is 15.4. The summed E-state index contributed by atoms with van der Waals surface area (Å²) in [6.07, 6.45) is 2.33. The molecular weight excluding hydrogens is 216 g/mol. The second-order valence-electron chi connectivity index (χ2n) is 4.99. The van der Waals surface area contributed by atoms with Crippen LogP contribution in [-0.4, -0.2) is 11.0 Å². The Bertz CT molecular complexity index is 307. The van der Waals surface area contributed by atoms with Crippen LogP contribution in [0.25, 0.3) is 0 Å². The summed E-state index contributed by atoms with van der Waals surface area (Å²) >= 11 is 1.77. The highest BCUT2D eigenvalue weighted by Gasteiger charge is 2.15. The molecule has 0 saturated heterocycles.